The van der Waals surface area contributed by atoms with Gasteiger partial charge in [0.1, 0.15) is 0 Å². The van der Waals surface area contributed by atoms with E-state index in [2.05, 4.69) is 55.1 Å². The van der Waals surface area contributed by atoms with E-state index in [4.69, 9.17) is 4.52 Å². The van der Waals surface area contributed by atoms with Crippen LogP contribution in [0, 0.1) is 0 Å². The van der Waals surface area contributed by atoms with E-state index < -0.39 is 0 Å². The number of benzene rings is 1. The van der Waals surface area contributed by atoms with Crippen molar-refractivity contribution < 1.29 is 4.52 Å². The molecule has 0 spiro atoms. The van der Waals surface area contributed by atoms with E-state index in [0.717, 1.165) is 18.5 Å². The minimum atomic E-state index is -0.148. The molecule has 1 aromatic carbocycles. The molecule has 0 aliphatic rings. The first-order chi connectivity index (χ1) is 12.5. The monoisotopic (exact) mass is 354 g/mol. The zero-order valence-corrected chi connectivity index (χ0v) is 15.8. The van der Waals surface area contributed by atoms with E-state index in [1.807, 2.05) is 26.8 Å². The minimum Gasteiger partial charge on any atom is -0.361 e. The summed E-state index contributed by atoms with van der Waals surface area (Å²) in [5.74, 6) is 1.97. The molecule has 0 aliphatic carbocycles. The highest BCUT2D eigenvalue weighted by atomic mass is 16.5. The Labute approximate surface area is 153 Å². The standard InChI is InChI=1S/C19H26N6O/c1-19(2,3)17-24-16(25-26-17)12-23-18(20-4)21-10-9-13-11-22-15-8-6-5-7-14(13)15/h5-8,11,22H,9-10,12H2,1-4H3,(H2,20,21,23). The molecule has 7 nitrogen and oxygen atoms in total. The number of aliphatic imine (C=N–C) groups is 1. The summed E-state index contributed by atoms with van der Waals surface area (Å²) >= 11 is 0. The molecule has 0 radical (unpaired) electrons. The Bertz CT molecular complexity index is 887. The van der Waals surface area contributed by atoms with Crippen LogP contribution < -0.4 is 10.6 Å². The van der Waals surface area contributed by atoms with Crippen molar-refractivity contribution in [2.75, 3.05) is 13.6 Å². The van der Waals surface area contributed by atoms with Crippen LogP contribution in [-0.2, 0) is 18.4 Å². The summed E-state index contributed by atoms with van der Waals surface area (Å²) in [5, 5.41) is 11.8. The van der Waals surface area contributed by atoms with E-state index in [1.165, 1.54) is 10.9 Å². The number of rotatable bonds is 5. The van der Waals surface area contributed by atoms with Crippen molar-refractivity contribution in [3.63, 3.8) is 0 Å². The Kier molecular flexibility index (Phi) is 5.25. The van der Waals surface area contributed by atoms with Gasteiger partial charge in [-0.3, -0.25) is 4.99 Å². The summed E-state index contributed by atoms with van der Waals surface area (Å²) in [7, 11) is 1.75. The summed E-state index contributed by atoms with van der Waals surface area (Å²) < 4.78 is 5.30. The van der Waals surface area contributed by atoms with Gasteiger partial charge in [-0.2, -0.15) is 4.98 Å². The zero-order chi connectivity index (χ0) is 18.6. The van der Waals surface area contributed by atoms with Gasteiger partial charge in [0, 0.05) is 36.1 Å². The SMILES string of the molecule is CN=C(NCCc1c[nH]c2ccccc12)NCc1noc(C(C)(C)C)n1. The Balaban J connectivity index is 1.50. The van der Waals surface area contributed by atoms with Gasteiger partial charge in [-0.15, -0.1) is 0 Å². The van der Waals surface area contributed by atoms with Crippen molar-refractivity contribution in [1.82, 2.24) is 25.8 Å². The second-order valence-electron chi connectivity index (χ2n) is 7.23. The molecule has 26 heavy (non-hydrogen) atoms. The highest BCUT2D eigenvalue weighted by molar-refractivity contribution is 5.83. The second-order valence-corrected chi connectivity index (χ2v) is 7.23. The lowest BCUT2D eigenvalue weighted by Crippen LogP contribution is -2.38. The Morgan fingerprint density at radius 3 is 2.77 bits per heavy atom. The number of aromatic nitrogens is 3. The quantitative estimate of drug-likeness (QED) is 0.484. The summed E-state index contributed by atoms with van der Waals surface area (Å²) in [4.78, 5) is 12.0. The first-order valence-electron chi connectivity index (χ1n) is 8.80. The predicted octanol–water partition coefficient (Wildman–Crippen LogP) is 2.76. The summed E-state index contributed by atoms with van der Waals surface area (Å²) in [6, 6.07) is 8.32. The molecule has 0 unspecified atom stereocenters. The van der Waals surface area contributed by atoms with E-state index in [9.17, 15) is 0 Å². The molecule has 0 saturated heterocycles. The average molecular weight is 354 g/mol. The number of aromatic amines is 1. The average Bonchev–Trinajstić information content (AvgIpc) is 3.25. The Morgan fingerprint density at radius 2 is 2.04 bits per heavy atom. The van der Waals surface area contributed by atoms with Gasteiger partial charge in [-0.1, -0.05) is 44.1 Å². The summed E-state index contributed by atoms with van der Waals surface area (Å²) in [6.07, 6.45) is 2.97. The fraction of sp³-hybridized carbons (Fsp3) is 0.421. The van der Waals surface area contributed by atoms with Crippen LogP contribution in [0.15, 0.2) is 40.0 Å². The fourth-order valence-corrected chi connectivity index (χ4v) is 2.67. The van der Waals surface area contributed by atoms with Crippen molar-refractivity contribution in [3.05, 3.63) is 47.7 Å². The molecule has 0 aliphatic heterocycles. The number of para-hydroxylation sites is 1. The molecule has 0 amide bonds. The van der Waals surface area contributed by atoms with Gasteiger partial charge in [0.15, 0.2) is 11.8 Å². The molecule has 138 valence electrons. The van der Waals surface area contributed by atoms with E-state index >= 15 is 0 Å². The number of nitrogens with one attached hydrogen (secondary N) is 3. The predicted molar refractivity (Wildman–Crippen MR) is 103 cm³/mol. The molecular weight excluding hydrogens is 328 g/mol. The molecular formula is C19H26N6O. The van der Waals surface area contributed by atoms with Crippen molar-refractivity contribution in [3.8, 4) is 0 Å². The minimum absolute atomic E-state index is 0.148. The fourth-order valence-electron chi connectivity index (χ4n) is 2.67. The Hall–Kier alpha value is -2.83. The maximum Gasteiger partial charge on any atom is 0.232 e. The van der Waals surface area contributed by atoms with Crippen LogP contribution in [0.3, 0.4) is 0 Å². The van der Waals surface area contributed by atoms with Crippen LogP contribution in [-0.4, -0.2) is 34.7 Å². The first kappa shape index (κ1) is 18.0. The number of H-pyrrole nitrogens is 1. The van der Waals surface area contributed by atoms with Gasteiger partial charge in [0.25, 0.3) is 0 Å². The third-order valence-corrected chi connectivity index (χ3v) is 4.11. The lowest BCUT2D eigenvalue weighted by Gasteiger charge is -2.11. The van der Waals surface area contributed by atoms with Gasteiger partial charge < -0.3 is 20.1 Å². The van der Waals surface area contributed by atoms with Crippen molar-refractivity contribution in [2.45, 2.75) is 39.2 Å². The normalized spacial score (nSPS) is 12.5. The largest absolute Gasteiger partial charge is 0.361 e. The Morgan fingerprint density at radius 1 is 1.23 bits per heavy atom. The molecule has 3 N–H and O–H groups in total. The highest BCUT2D eigenvalue weighted by Gasteiger charge is 2.21. The number of nitrogens with zero attached hydrogens (tertiary/aromatic N) is 3. The molecule has 2 aromatic heterocycles. The van der Waals surface area contributed by atoms with Crippen LogP contribution in [0.5, 0.6) is 0 Å². The van der Waals surface area contributed by atoms with Crippen LogP contribution >= 0.6 is 0 Å². The molecule has 2 heterocycles. The van der Waals surface area contributed by atoms with Crippen LogP contribution in [0.1, 0.15) is 38.0 Å². The first-order valence-corrected chi connectivity index (χ1v) is 8.80. The molecule has 0 atom stereocenters. The molecule has 7 heteroatoms. The molecule has 3 rings (SSSR count). The smallest absolute Gasteiger partial charge is 0.232 e. The molecule has 0 fully saturated rings. The van der Waals surface area contributed by atoms with Gasteiger partial charge in [0.2, 0.25) is 5.89 Å². The lowest BCUT2D eigenvalue weighted by molar-refractivity contribution is 0.318. The topological polar surface area (TPSA) is 91.1 Å². The van der Waals surface area contributed by atoms with Crippen LogP contribution in [0.4, 0.5) is 0 Å². The van der Waals surface area contributed by atoms with Crippen LogP contribution in [0.2, 0.25) is 0 Å². The molecule has 0 bridgehead atoms. The zero-order valence-electron chi connectivity index (χ0n) is 15.8. The number of guanidine groups is 1. The van der Waals surface area contributed by atoms with Gasteiger partial charge in [-0.05, 0) is 18.1 Å². The molecule has 0 saturated carbocycles. The van der Waals surface area contributed by atoms with E-state index in [1.54, 1.807) is 7.05 Å². The van der Waals surface area contributed by atoms with Crippen molar-refractivity contribution in [1.29, 1.82) is 0 Å². The van der Waals surface area contributed by atoms with E-state index in [0.29, 0.717) is 24.2 Å². The van der Waals surface area contributed by atoms with Crippen molar-refractivity contribution >= 4 is 16.9 Å². The maximum absolute atomic E-state index is 5.30. The third kappa shape index (κ3) is 4.22. The highest BCUT2D eigenvalue weighted by Crippen LogP contribution is 2.19. The second kappa shape index (κ2) is 7.59. The third-order valence-electron chi connectivity index (χ3n) is 4.11. The van der Waals surface area contributed by atoms with Crippen molar-refractivity contribution in [2.24, 2.45) is 4.99 Å². The van der Waals surface area contributed by atoms with Gasteiger partial charge >= 0.3 is 0 Å². The summed E-state index contributed by atoms with van der Waals surface area (Å²) in [5.41, 5.74) is 2.30. The number of fused-ring (bicyclic) bond motifs is 1. The van der Waals surface area contributed by atoms with Gasteiger partial charge in [0.05, 0.1) is 6.54 Å². The van der Waals surface area contributed by atoms with Crippen LogP contribution in [0.25, 0.3) is 10.9 Å². The lowest BCUT2D eigenvalue weighted by atomic mass is 9.97. The van der Waals surface area contributed by atoms with Gasteiger partial charge in [-0.25, -0.2) is 0 Å². The summed E-state index contributed by atoms with van der Waals surface area (Å²) in [6.45, 7) is 7.38. The number of hydrogen-bond acceptors (Lipinski definition) is 4. The maximum atomic E-state index is 5.30. The van der Waals surface area contributed by atoms with E-state index in [-0.39, 0.29) is 5.41 Å². The molecule has 3 aromatic rings. The number of hydrogen-bond donors (Lipinski definition) is 3.